The van der Waals surface area contributed by atoms with Crippen LogP contribution in [0.3, 0.4) is 0 Å². The molecule has 7 heteroatoms. The summed E-state index contributed by atoms with van der Waals surface area (Å²) in [5, 5.41) is 4.32. The van der Waals surface area contributed by atoms with Gasteiger partial charge in [0.15, 0.2) is 0 Å². The highest BCUT2D eigenvalue weighted by Crippen LogP contribution is 2.35. The van der Waals surface area contributed by atoms with Gasteiger partial charge in [-0.15, -0.1) is 0 Å². The number of hydrogen-bond acceptors (Lipinski definition) is 3. The monoisotopic (exact) mass is 298 g/mol. The number of rotatable bonds is 4. The maximum Gasteiger partial charge on any atom is 0.416 e. The fourth-order valence-electron chi connectivity index (χ4n) is 2.24. The summed E-state index contributed by atoms with van der Waals surface area (Å²) in [6.45, 7) is 4.35. The van der Waals surface area contributed by atoms with Gasteiger partial charge in [0.1, 0.15) is 0 Å². The predicted octanol–water partition coefficient (Wildman–Crippen LogP) is 2.93. The average molecular weight is 298 g/mol. The maximum atomic E-state index is 13.1. The van der Waals surface area contributed by atoms with Crippen LogP contribution in [0.15, 0.2) is 24.5 Å². The van der Waals surface area contributed by atoms with Gasteiger partial charge in [0.25, 0.3) is 0 Å². The molecule has 0 bridgehead atoms. The predicted molar refractivity (Wildman–Crippen MR) is 72.5 cm³/mol. The molecular weight excluding hydrogens is 281 g/mol. The third-order valence-corrected chi connectivity index (χ3v) is 3.33. The van der Waals surface area contributed by atoms with Crippen molar-refractivity contribution in [3.63, 3.8) is 0 Å². The highest BCUT2D eigenvalue weighted by Gasteiger charge is 2.35. The van der Waals surface area contributed by atoms with Gasteiger partial charge in [-0.05, 0) is 25.5 Å². The maximum absolute atomic E-state index is 13.1. The van der Waals surface area contributed by atoms with Crippen LogP contribution >= 0.6 is 0 Å². The smallest absolute Gasteiger partial charge is 0.319 e. The lowest BCUT2D eigenvalue weighted by atomic mass is 10.00. The molecule has 0 aliphatic heterocycles. The molecule has 0 aromatic carbocycles. The first-order valence-corrected chi connectivity index (χ1v) is 6.71. The van der Waals surface area contributed by atoms with Crippen molar-refractivity contribution in [1.82, 2.24) is 14.8 Å². The Labute approximate surface area is 120 Å². The fraction of sp³-hybridized carbons (Fsp3) is 0.429. The van der Waals surface area contributed by atoms with Gasteiger partial charge >= 0.3 is 6.18 Å². The summed E-state index contributed by atoms with van der Waals surface area (Å²) < 4.78 is 40.9. The number of hydrogen-bond donors (Lipinski definition) is 1. The normalized spacial score (nSPS) is 13.4. The zero-order chi connectivity index (χ0) is 15.6. The van der Waals surface area contributed by atoms with E-state index >= 15 is 0 Å². The number of alkyl halides is 3. The lowest BCUT2D eigenvalue weighted by Crippen LogP contribution is -2.21. The van der Waals surface area contributed by atoms with E-state index < -0.39 is 17.8 Å². The van der Waals surface area contributed by atoms with Crippen LogP contribution in [0.25, 0.3) is 0 Å². The number of halogens is 3. The standard InChI is InChI=1S/C14H17F3N4/c1-3-9-7-12(21(4-2)20-9)13(18)10-8-19-6-5-11(10)14(15,16)17/h5-8,13H,3-4,18H2,1-2H3. The molecule has 2 N–H and O–H groups in total. The van der Waals surface area contributed by atoms with Gasteiger partial charge in [0.2, 0.25) is 0 Å². The van der Waals surface area contributed by atoms with Crippen molar-refractivity contribution >= 4 is 0 Å². The van der Waals surface area contributed by atoms with Gasteiger partial charge < -0.3 is 5.73 Å². The third kappa shape index (κ3) is 3.07. The third-order valence-electron chi connectivity index (χ3n) is 3.33. The van der Waals surface area contributed by atoms with Crippen LogP contribution in [0.1, 0.15) is 42.4 Å². The second-order valence-electron chi connectivity index (χ2n) is 4.67. The Bertz CT molecular complexity index is 619. The van der Waals surface area contributed by atoms with Gasteiger partial charge in [0, 0.05) is 24.5 Å². The van der Waals surface area contributed by atoms with Gasteiger partial charge in [0.05, 0.1) is 23.0 Å². The Morgan fingerprint density at radius 3 is 2.62 bits per heavy atom. The van der Waals surface area contributed by atoms with Crippen molar-refractivity contribution in [3.05, 3.63) is 47.0 Å². The van der Waals surface area contributed by atoms with E-state index in [1.807, 2.05) is 13.8 Å². The van der Waals surface area contributed by atoms with Crippen LogP contribution in [-0.2, 0) is 19.1 Å². The second kappa shape index (κ2) is 5.85. The quantitative estimate of drug-likeness (QED) is 0.944. The molecule has 0 saturated heterocycles. The molecule has 0 fully saturated rings. The first-order valence-electron chi connectivity index (χ1n) is 6.71. The molecule has 0 radical (unpaired) electrons. The SMILES string of the molecule is CCc1cc(C(N)c2cnccc2C(F)(F)F)n(CC)n1. The Morgan fingerprint density at radius 1 is 1.33 bits per heavy atom. The molecule has 0 spiro atoms. The van der Waals surface area contributed by atoms with Crippen molar-refractivity contribution in [3.8, 4) is 0 Å². The van der Waals surface area contributed by atoms with Gasteiger partial charge in [-0.25, -0.2) is 0 Å². The van der Waals surface area contributed by atoms with Crippen molar-refractivity contribution in [2.24, 2.45) is 5.73 Å². The lowest BCUT2D eigenvalue weighted by Gasteiger charge is -2.18. The van der Waals surface area contributed by atoms with Crippen molar-refractivity contribution < 1.29 is 13.2 Å². The summed E-state index contributed by atoms with van der Waals surface area (Å²) in [7, 11) is 0. The topological polar surface area (TPSA) is 56.7 Å². The molecule has 2 heterocycles. The first kappa shape index (κ1) is 15.5. The van der Waals surface area contributed by atoms with Gasteiger partial charge in [-0.2, -0.15) is 18.3 Å². The van der Waals surface area contributed by atoms with E-state index in [0.29, 0.717) is 18.7 Å². The van der Waals surface area contributed by atoms with E-state index in [9.17, 15) is 13.2 Å². The summed E-state index contributed by atoms with van der Waals surface area (Å²) in [5.74, 6) is 0. The summed E-state index contributed by atoms with van der Waals surface area (Å²) in [4.78, 5) is 3.78. The summed E-state index contributed by atoms with van der Waals surface area (Å²) in [6.07, 6.45) is -1.47. The summed E-state index contributed by atoms with van der Waals surface area (Å²) in [6, 6.07) is 1.78. The molecule has 4 nitrogen and oxygen atoms in total. The van der Waals surface area contributed by atoms with E-state index in [2.05, 4.69) is 10.1 Å². The van der Waals surface area contributed by atoms with E-state index in [4.69, 9.17) is 5.73 Å². The number of nitrogens with two attached hydrogens (primary N) is 1. The second-order valence-corrected chi connectivity index (χ2v) is 4.67. The number of pyridine rings is 1. The molecule has 2 aromatic rings. The number of aryl methyl sites for hydroxylation is 2. The minimum atomic E-state index is -4.46. The van der Waals surface area contributed by atoms with Crippen LogP contribution in [0, 0.1) is 0 Å². The number of aromatic nitrogens is 3. The van der Waals surface area contributed by atoms with Crippen LogP contribution in [0.5, 0.6) is 0 Å². The summed E-state index contributed by atoms with van der Waals surface area (Å²) >= 11 is 0. The van der Waals surface area contributed by atoms with Crippen LogP contribution < -0.4 is 5.73 Å². The molecule has 0 aliphatic rings. The zero-order valence-corrected chi connectivity index (χ0v) is 11.9. The molecule has 0 saturated carbocycles. The summed E-state index contributed by atoms with van der Waals surface area (Å²) in [5.41, 5.74) is 6.63. The Balaban J connectivity index is 2.50. The molecule has 1 unspecified atom stereocenters. The molecule has 114 valence electrons. The van der Waals surface area contributed by atoms with Gasteiger partial charge in [-0.3, -0.25) is 9.67 Å². The van der Waals surface area contributed by atoms with Crippen molar-refractivity contribution in [1.29, 1.82) is 0 Å². The molecule has 0 aliphatic carbocycles. The molecular formula is C14H17F3N4. The Kier molecular flexibility index (Phi) is 4.32. The first-order chi connectivity index (χ1) is 9.88. The molecule has 1 atom stereocenters. The van der Waals surface area contributed by atoms with Crippen LogP contribution in [0.4, 0.5) is 13.2 Å². The van der Waals surface area contributed by atoms with Crippen molar-refractivity contribution in [2.75, 3.05) is 0 Å². The molecule has 2 aromatic heterocycles. The van der Waals surface area contributed by atoms with Crippen molar-refractivity contribution in [2.45, 2.75) is 39.0 Å². The highest BCUT2D eigenvalue weighted by atomic mass is 19.4. The molecule has 21 heavy (non-hydrogen) atoms. The van der Waals surface area contributed by atoms with E-state index in [1.54, 1.807) is 10.7 Å². The Hall–Kier alpha value is -1.89. The zero-order valence-electron chi connectivity index (χ0n) is 11.9. The minimum absolute atomic E-state index is 0.0396. The lowest BCUT2D eigenvalue weighted by molar-refractivity contribution is -0.138. The van der Waals surface area contributed by atoms with E-state index in [0.717, 1.165) is 18.0 Å². The largest absolute Gasteiger partial charge is 0.416 e. The van der Waals surface area contributed by atoms with Crippen LogP contribution in [-0.4, -0.2) is 14.8 Å². The fourth-order valence-corrected chi connectivity index (χ4v) is 2.24. The van der Waals surface area contributed by atoms with E-state index in [-0.39, 0.29) is 5.56 Å². The van der Waals surface area contributed by atoms with Crippen LogP contribution in [0.2, 0.25) is 0 Å². The highest BCUT2D eigenvalue weighted by molar-refractivity contribution is 5.35. The molecule has 0 amide bonds. The molecule has 2 rings (SSSR count). The minimum Gasteiger partial charge on any atom is -0.319 e. The Morgan fingerprint density at radius 2 is 2.05 bits per heavy atom. The average Bonchev–Trinajstić information content (AvgIpc) is 2.89. The van der Waals surface area contributed by atoms with E-state index in [1.165, 1.54) is 6.20 Å². The number of nitrogens with zero attached hydrogens (tertiary/aromatic N) is 3. The van der Waals surface area contributed by atoms with Gasteiger partial charge in [-0.1, -0.05) is 6.92 Å².